The first-order chi connectivity index (χ1) is 8.57. The zero-order valence-corrected chi connectivity index (χ0v) is 10.5. The second-order valence-electron chi connectivity index (χ2n) is 4.98. The average molecular weight is 263 g/mol. The lowest BCUT2D eigenvalue weighted by molar-refractivity contribution is -0.204. The molecule has 104 valence electrons. The number of amides is 1. The van der Waals surface area contributed by atoms with Crippen LogP contribution < -0.4 is 0 Å². The predicted octanol–water partition coefficient (Wildman–Crippen LogP) is 1.64. The van der Waals surface area contributed by atoms with Crippen LogP contribution in [0.1, 0.15) is 26.2 Å². The third-order valence-corrected chi connectivity index (χ3v) is 4.01. The van der Waals surface area contributed by atoms with E-state index in [4.69, 9.17) is 4.74 Å². The monoisotopic (exact) mass is 263 g/mol. The molecule has 2 rings (SSSR count). The summed E-state index contributed by atoms with van der Waals surface area (Å²) in [5, 5.41) is 0. The first kappa shape index (κ1) is 13.7. The maximum absolute atomic E-state index is 12.4. The lowest BCUT2D eigenvalue weighted by Gasteiger charge is -2.45. The largest absolute Gasteiger partial charge is 0.381 e. The molecule has 0 saturated carbocycles. The minimum Gasteiger partial charge on any atom is -0.381 e. The Morgan fingerprint density at radius 2 is 2.06 bits per heavy atom. The van der Waals surface area contributed by atoms with Gasteiger partial charge in [-0.25, -0.2) is 0 Å². The zero-order valence-electron chi connectivity index (χ0n) is 10.5. The normalized spacial score (nSPS) is 24.1. The molecule has 0 spiro atoms. The second-order valence-corrected chi connectivity index (χ2v) is 4.98. The first-order valence-electron chi connectivity index (χ1n) is 6.38. The van der Waals surface area contributed by atoms with E-state index in [9.17, 15) is 13.6 Å². The van der Waals surface area contributed by atoms with E-state index in [1.165, 1.54) is 0 Å². The van der Waals surface area contributed by atoms with Crippen molar-refractivity contribution in [3.05, 3.63) is 0 Å². The van der Waals surface area contributed by atoms with Crippen molar-refractivity contribution in [2.75, 3.05) is 26.3 Å². The number of hydrogen-bond acceptors (Lipinski definition) is 3. The van der Waals surface area contributed by atoms with Gasteiger partial charge in [-0.15, -0.1) is 0 Å². The van der Waals surface area contributed by atoms with Crippen LogP contribution in [0.3, 0.4) is 0 Å². The van der Waals surface area contributed by atoms with E-state index in [1.807, 2.05) is 6.92 Å². The summed E-state index contributed by atoms with van der Waals surface area (Å²) in [5.74, 6) is 0.0717. The van der Waals surface area contributed by atoms with Gasteiger partial charge in [-0.05, 0) is 19.3 Å². The standard InChI is InChI=1S/C12H19F2NO3/c1-2-12(3-5-17-6-4-12)10(16)15-7-9(8-15)18-11(13)14/h9,11H,2-8H2,1H3. The Hall–Kier alpha value is -0.750. The first-order valence-corrected chi connectivity index (χ1v) is 6.38. The molecule has 0 radical (unpaired) electrons. The molecule has 2 aliphatic rings. The van der Waals surface area contributed by atoms with Gasteiger partial charge < -0.3 is 14.4 Å². The maximum Gasteiger partial charge on any atom is 0.345 e. The van der Waals surface area contributed by atoms with E-state index in [-0.39, 0.29) is 24.4 Å². The van der Waals surface area contributed by atoms with Crippen molar-refractivity contribution in [1.82, 2.24) is 4.90 Å². The lowest BCUT2D eigenvalue weighted by atomic mass is 9.76. The molecule has 0 aliphatic carbocycles. The Morgan fingerprint density at radius 1 is 1.44 bits per heavy atom. The lowest BCUT2D eigenvalue weighted by Crippen LogP contribution is -2.59. The Morgan fingerprint density at radius 3 is 2.56 bits per heavy atom. The molecule has 2 fully saturated rings. The molecule has 1 amide bonds. The molecule has 2 heterocycles. The fourth-order valence-electron chi connectivity index (χ4n) is 2.65. The number of halogens is 2. The maximum atomic E-state index is 12.4. The molecule has 0 bridgehead atoms. The Balaban J connectivity index is 1.88. The molecule has 0 aromatic rings. The highest BCUT2D eigenvalue weighted by atomic mass is 19.3. The molecular weight excluding hydrogens is 244 g/mol. The molecule has 18 heavy (non-hydrogen) atoms. The number of nitrogens with zero attached hydrogens (tertiary/aromatic N) is 1. The molecule has 0 N–H and O–H groups in total. The quantitative estimate of drug-likeness (QED) is 0.774. The summed E-state index contributed by atoms with van der Waals surface area (Å²) in [6.45, 7) is 1.01. The van der Waals surface area contributed by atoms with Gasteiger partial charge in [0.2, 0.25) is 5.91 Å². The summed E-state index contributed by atoms with van der Waals surface area (Å²) in [7, 11) is 0. The molecule has 4 nitrogen and oxygen atoms in total. The SMILES string of the molecule is CCC1(C(=O)N2CC(OC(F)F)C2)CCOCC1. The summed E-state index contributed by atoms with van der Waals surface area (Å²) in [6.07, 6.45) is 1.70. The van der Waals surface area contributed by atoms with Gasteiger partial charge in [0.1, 0.15) is 0 Å². The summed E-state index contributed by atoms with van der Waals surface area (Å²) in [4.78, 5) is 14.0. The fourth-order valence-corrected chi connectivity index (χ4v) is 2.65. The van der Waals surface area contributed by atoms with Crippen LogP contribution in [0, 0.1) is 5.41 Å². The highest BCUT2D eigenvalue weighted by Crippen LogP contribution is 2.37. The number of ether oxygens (including phenoxy) is 2. The summed E-state index contributed by atoms with van der Waals surface area (Å²) in [6, 6.07) is 0. The van der Waals surface area contributed by atoms with Crippen LogP contribution in [0.5, 0.6) is 0 Å². The summed E-state index contributed by atoms with van der Waals surface area (Å²) in [5.41, 5.74) is -0.353. The van der Waals surface area contributed by atoms with Crippen LogP contribution in [-0.2, 0) is 14.3 Å². The minimum absolute atomic E-state index is 0.0717. The summed E-state index contributed by atoms with van der Waals surface area (Å²) >= 11 is 0. The number of carbonyl (C=O) groups is 1. The van der Waals surface area contributed by atoms with Crippen molar-refractivity contribution in [2.24, 2.45) is 5.41 Å². The van der Waals surface area contributed by atoms with E-state index in [1.54, 1.807) is 4.90 Å². The highest BCUT2D eigenvalue weighted by Gasteiger charge is 2.45. The minimum atomic E-state index is -2.75. The second kappa shape index (κ2) is 5.48. The van der Waals surface area contributed by atoms with Crippen molar-refractivity contribution < 1.29 is 23.0 Å². The molecule has 0 atom stereocenters. The topological polar surface area (TPSA) is 38.8 Å². The van der Waals surface area contributed by atoms with Gasteiger partial charge in [0.25, 0.3) is 0 Å². The van der Waals surface area contributed by atoms with Crippen molar-refractivity contribution in [3.8, 4) is 0 Å². The number of carbonyl (C=O) groups excluding carboxylic acids is 1. The molecule has 0 aromatic carbocycles. The Labute approximate surface area is 105 Å². The predicted molar refractivity (Wildman–Crippen MR) is 60.2 cm³/mol. The van der Waals surface area contributed by atoms with Crippen molar-refractivity contribution >= 4 is 5.91 Å². The number of hydrogen-bond donors (Lipinski definition) is 0. The van der Waals surface area contributed by atoms with Crippen molar-refractivity contribution in [1.29, 1.82) is 0 Å². The van der Waals surface area contributed by atoms with Gasteiger partial charge in [0.05, 0.1) is 11.5 Å². The molecular formula is C12H19F2NO3. The number of likely N-dealkylation sites (tertiary alicyclic amines) is 1. The molecule has 0 aromatic heterocycles. The average Bonchev–Trinajstić information content (AvgIpc) is 2.33. The van der Waals surface area contributed by atoms with Gasteiger partial charge >= 0.3 is 6.61 Å². The van der Waals surface area contributed by atoms with E-state index in [0.29, 0.717) is 13.2 Å². The Bertz CT molecular complexity index is 300. The molecule has 2 aliphatic heterocycles. The van der Waals surface area contributed by atoms with Crippen LogP contribution in [0.25, 0.3) is 0 Å². The fraction of sp³-hybridized carbons (Fsp3) is 0.917. The smallest absolute Gasteiger partial charge is 0.345 e. The zero-order chi connectivity index (χ0) is 13.2. The molecule has 6 heteroatoms. The van der Waals surface area contributed by atoms with Gasteiger partial charge in [-0.3, -0.25) is 4.79 Å². The van der Waals surface area contributed by atoms with Crippen LogP contribution in [0.2, 0.25) is 0 Å². The van der Waals surface area contributed by atoms with Crippen molar-refractivity contribution in [2.45, 2.75) is 38.9 Å². The summed E-state index contributed by atoms with van der Waals surface area (Å²) < 4.78 is 33.6. The van der Waals surface area contributed by atoms with Crippen LogP contribution in [-0.4, -0.2) is 49.8 Å². The van der Waals surface area contributed by atoms with Gasteiger partial charge in [0, 0.05) is 26.3 Å². The van der Waals surface area contributed by atoms with Crippen molar-refractivity contribution in [3.63, 3.8) is 0 Å². The van der Waals surface area contributed by atoms with E-state index in [2.05, 4.69) is 4.74 Å². The third kappa shape index (κ3) is 2.64. The van der Waals surface area contributed by atoms with Crippen LogP contribution in [0.15, 0.2) is 0 Å². The van der Waals surface area contributed by atoms with Crippen LogP contribution in [0.4, 0.5) is 8.78 Å². The van der Waals surface area contributed by atoms with E-state index < -0.39 is 12.7 Å². The van der Waals surface area contributed by atoms with Crippen LogP contribution >= 0.6 is 0 Å². The van der Waals surface area contributed by atoms with Gasteiger partial charge in [-0.1, -0.05) is 6.92 Å². The third-order valence-electron chi connectivity index (χ3n) is 4.01. The number of rotatable bonds is 4. The molecule has 2 saturated heterocycles. The highest BCUT2D eigenvalue weighted by molar-refractivity contribution is 5.83. The van der Waals surface area contributed by atoms with Gasteiger partial charge in [-0.2, -0.15) is 8.78 Å². The van der Waals surface area contributed by atoms with E-state index in [0.717, 1.165) is 19.3 Å². The van der Waals surface area contributed by atoms with Gasteiger partial charge in [0.15, 0.2) is 0 Å². The number of alkyl halides is 2. The Kier molecular flexibility index (Phi) is 4.17. The van der Waals surface area contributed by atoms with E-state index >= 15 is 0 Å². The molecule has 0 unspecified atom stereocenters.